The van der Waals surface area contributed by atoms with Gasteiger partial charge < -0.3 is 5.11 Å². The van der Waals surface area contributed by atoms with Gasteiger partial charge in [0.1, 0.15) is 0 Å². The third-order valence-corrected chi connectivity index (χ3v) is 1.28. The molecule has 0 aromatic rings. The predicted octanol–water partition coefficient (Wildman–Crippen LogP) is 1.56. The Balaban J connectivity index is 0.000000148. The Labute approximate surface area is 57.1 Å². The molecule has 1 N–H and O–H groups in total. The van der Waals surface area contributed by atoms with Gasteiger partial charge in [-0.15, -0.1) is 12.3 Å². The van der Waals surface area contributed by atoms with Crippen LogP contribution in [-0.2, 0) is 0 Å². The third-order valence-electron chi connectivity index (χ3n) is 1.28. The Hall–Kier alpha value is -0.480. The van der Waals surface area contributed by atoms with Crippen LogP contribution in [-0.4, -0.2) is 11.2 Å². The zero-order valence-electron chi connectivity index (χ0n) is 5.93. The third kappa shape index (κ3) is 5.39. The zero-order valence-corrected chi connectivity index (χ0v) is 5.93. The minimum atomic E-state index is 0.0648. The number of terminal acetylenes is 1. The lowest BCUT2D eigenvalue weighted by atomic mass is 9.97. The molecule has 1 nitrogen and oxygen atoms in total. The van der Waals surface area contributed by atoms with Crippen molar-refractivity contribution < 1.29 is 5.11 Å². The van der Waals surface area contributed by atoms with Gasteiger partial charge in [0.2, 0.25) is 0 Å². The Morgan fingerprint density at radius 1 is 1.67 bits per heavy atom. The maximum absolute atomic E-state index is 8.45. The van der Waals surface area contributed by atoms with Crippen LogP contribution < -0.4 is 0 Å². The van der Waals surface area contributed by atoms with E-state index in [2.05, 4.69) is 5.92 Å². The van der Waals surface area contributed by atoms with Crippen LogP contribution in [0.2, 0.25) is 0 Å². The topological polar surface area (TPSA) is 20.2 Å². The highest BCUT2D eigenvalue weighted by molar-refractivity contribution is 4.80. The van der Waals surface area contributed by atoms with Crippen molar-refractivity contribution in [2.45, 2.75) is 38.7 Å². The molecular weight excluding hydrogens is 112 g/mol. The first-order chi connectivity index (χ1) is 4.31. The van der Waals surface area contributed by atoms with Gasteiger partial charge in [-0.1, -0.05) is 6.92 Å². The minimum absolute atomic E-state index is 0.0648. The van der Waals surface area contributed by atoms with Gasteiger partial charge in [-0.25, -0.2) is 0 Å². The van der Waals surface area contributed by atoms with Gasteiger partial charge in [0.25, 0.3) is 0 Å². The van der Waals surface area contributed by atoms with Crippen LogP contribution in [0.25, 0.3) is 0 Å². The second-order valence-corrected chi connectivity index (χ2v) is 2.14. The van der Waals surface area contributed by atoms with E-state index in [1.807, 2.05) is 6.92 Å². The van der Waals surface area contributed by atoms with Crippen molar-refractivity contribution >= 4 is 0 Å². The summed E-state index contributed by atoms with van der Waals surface area (Å²) in [5, 5.41) is 8.45. The molecule has 0 spiro atoms. The molecule has 1 aliphatic carbocycles. The van der Waals surface area contributed by atoms with Crippen molar-refractivity contribution in [3.63, 3.8) is 0 Å². The van der Waals surface area contributed by atoms with E-state index in [1.165, 1.54) is 6.42 Å². The average Bonchev–Trinajstić information content (AvgIpc) is 1.84. The smallest absolute Gasteiger partial charge is 0.0540 e. The van der Waals surface area contributed by atoms with Gasteiger partial charge in [0.05, 0.1) is 6.10 Å². The number of hydrogen-bond acceptors (Lipinski definition) is 1. The van der Waals surface area contributed by atoms with Crippen molar-refractivity contribution in [3.05, 3.63) is 0 Å². The lowest BCUT2D eigenvalue weighted by molar-refractivity contribution is 0.0950. The molecule has 0 unspecified atom stereocenters. The molecule has 9 heavy (non-hydrogen) atoms. The first-order valence-electron chi connectivity index (χ1n) is 3.42. The highest BCUT2D eigenvalue weighted by atomic mass is 16.3. The van der Waals surface area contributed by atoms with Crippen LogP contribution in [0, 0.1) is 12.3 Å². The second-order valence-electron chi connectivity index (χ2n) is 2.14. The van der Waals surface area contributed by atoms with Crippen LogP contribution >= 0.6 is 0 Å². The first kappa shape index (κ1) is 8.52. The lowest BCUT2D eigenvalue weighted by Gasteiger charge is -2.17. The molecule has 0 aliphatic heterocycles. The van der Waals surface area contributed by atoms with Crippen LogP contribution in [0.1, 0.15) is 32.6 Å². The summed E-state index contributed by atoms with van der Waals surface area (Å²) in [5.41, 5.74) is 0. The van der Waals surface area contributed by atoms with Gasteiger partial charge >= 0.3 is 0 Å². The maximum atomic E-state index is 8.45. The first-order valence-corrected chi connectivity index (χ1v) is 3.42. The van der Waals surface area contributed by atoms with E-state index >= 15 is 0 Å². The monoisotopic (exact) mass is 126 g/mol. The SMILES string of the molecule is C#CCC.OC1CCC1. The Kier molecular flexibility index (Phi) is 5.35. The fourth-order valence-corrected chi connectivity index (χ4v) is 0.387. The molecule has 1 aliphatic rings. The summed E-state index contributed by atoms with van der Waals surface area (Å²) in [6, 6.07) is 0. The number of aliphatic hydroxyl groups is 1. The van der Waals surface area contributed by atoms with E-state index in [9.17, 15) is 0 Å². The molecule has 0 bridgehead atoms. The van der Waals surface area contributed by atoms with Gasteiger partial charge in [-0.3, -0.25) is 0 Å². The summed E-state index contributed by atoms with van der Waals surface area (Å²) >= 11 is 0. The van der Waals surface area contributed by atoms with Gasteiger partial charge in [-0.2, -0.15) is 0 Å². The van der Waals surface area contributed by atoms with Crippen molar-refractivity contribution in [2.24, 2.45) is 0 Å². The molecule has 0 aromatic heterocycles. The van der Waals surface area contributed by atoms with Crippen LogP contribution in [0.4, 0.5) is 0 Å². The summed E-state index contributed by atoms with van der Waals surface area (Å²) in [7, 11) is 0. The summed E-state index contributed by atoms with van der Waals surface area (Å²) in [4.78, 5) is 0. The highest BCUT2D eigenvalue weighted by Crippen LogP contribution is 2.16. The van der Waals surface area contributed by atoms with Gasteiger partial charge in [-0.05, 0) is 19.3 Å². The largest absolute Gasteiger partial charge is 0.393 e. The number of rotatable bonds is 0. The van der Waals surface area contributed by atoms with E-state index in [4.69, 9.17) is 11.5 Å². The molecule has 52 valence electrons. The normalized spacial score (nSPS) is 16.6. The summed E-state index contributed by atoms with van der Waals surface area (Å²) in [6.07, 6.45) is 9.01. The van der Waals surface area contributed by atoms with E-state index < -0.39 is 0 Å². The van der Waals surface area contributed by atoms with Crippen molar-refractivity contribution in [1.82, 2.24) is 0 Å². The molecule has 1 fully saturated rings. The number of hydrogen-bond donors (Lipinski definition) is 1. The Morgan fingerprint density at radius 3 is 2.00 bits per heavy atom. The van der Waals surface area contributed by atoms with Crippen molar-refractivity contribution in [2.75, 3.05) is 0 Å². The molecule has 0 heterocycles. The standard InChI is InChI=1S/C4H8O.C4H6/c5-4-2-1-3-4;1-3-4-2/h4-5H,1-3H2;1H,4H2,2H3. The molecule has 0 radical (unpaired) electrons. The molecule has 0 atom stereocenters. The fourth-order valence-electron chi connectivity index (χ4n) is 0.387. The maximum Gasteiger partial charge on any atom is 0.0540 e. The molecule has 0 aromatic carbocycles. The fraction of sp³-hybridized carbons (Fsp3) is 0.750. The van der Waals surface area contributed by atoms with Crippen LogP contribution in [0.15, 0.2) is 0 Å². The Bertz CT molecular complexity index is 87.2. The summed E-state index contributed by atoms with van der Waals surface area (Å²) in [5.74, 6) is 2.43. The van der Waals surface area contributed by atoms with Gasteiger partial charge in [0.15, 0.2) is 0 Å². The summed E-state index contributed by atoms with van der Waals surface area (Å²) in [6.45, 7) is 1.94. The molecular formula is C8H14O. The summed E-state index contributed by atoms with van der Waals surface area (Å²) < 4.78 is 0. The van der Waals surface area contributed by atoms with E-state index in [-0.39, 0.29) is 6.10 Å². The quantitative estimate of drug-likeness (QED) is 0.488. The highest BCUT2D eigenvalue weighted by Gasteiger charge is 2.11. The molecule has 0 saturated heterocycles. The van der Waals surface area contributed by atoms with Crippen molar-refractivity contribution in [3.8, 4) is 12.3 Å². The zero-order chi connectivity index (χ0) is 7.11. The minimum Gasteiger partial charge on any atom is -0.393 e. The molecule has 1 saturated carbocycles. The second kappa shape index (κ2) is 5.65. The molecule has 1 heteroatoms. The van der Waals surface area contributed by atoms with Crippen LogP contribution in [0.5, 0.6) is 0 Å². The average molecular weight is 126 g/mol. The van der Waals surface area contributed by atoms with E-state index in [0.717, 1.165) is 19.3 Å². The molecule has 1 rings (SSSR count). The van der Waals surface area contributed by atoms with E-state index in [1.54, 1.807) is 0 Å². The van der Waals surface area contributed by atoms with Crippen molar-refractivity contribution in [1.29, 1.82) is 0 Å². The number of aliphatic hydroxyl groups excluding tert-OH is 1. The Morgan fingerprint density at radius 2 is 2.00 bits per heavy atom. The van der Waals surface area contributed by atoms with Gasteiger partial charge in [0, 0.05) is 6.42 Å². The van der Waals surface area contributed by atoms with E-state index in [0.29, 0.717) is 0 Å². The van der Waals surface area contributed by atoms with Crippen LogP contribution in [0.3, 0.4) is 0 Å². The molecule has 0 amide bonds. The predicted molar refractivity (Wildman–Crippen MR) is 39.0 cm³/mol. The lowest BCUT2D eigenvalue weighted by Crippen LogP contribution is -2.15.